The van der Waals surface area contributed by atoms with E-state index in [1.807, 2.05) is 24.3 Å². The number of hydrogen-bond acceptors (Lipinski definition) is 0. The van der Waals surface area contributed by atoms with Crippen molar-refractivity contribution in [3.8, 4) is 0 Å². The maximum absolute atomic E-state index is 2.99. The Morgan fingerprint density at radius 1 is 0.789 bits per heavy atom. The molecule has 2 aliphatic carbocycles. The van der Waals surface area contributed by atoms with Crippen LogP contribution in [0.2, 0.25) is 26.2 Å². The largest absolute Gasteiger partial charge is 1.00 e. The van der Waals surface area contributed by atoms with Gasteiger partial charge in [0.05, 0.1) is 0 Å². The van der Waals surface area contributed by atoms with Crippen LogP contribution < -0.4 is 24.8 Å². The molecular weight excluding hydrogens is 386 g/mol. The fourth-order valence-corrected chi connectivity index (χ4v) is 27.3. The molecule has 0 amide bonds. The topological polar surface area (TPSA) is 0 Å². The molecule has 0 radical (unpaired) electrons. The van der Waals surface area contributed by atoms with Crippen LogP contribution >= 0.6 is 0 Å². The van der Waals surface area contributed by atoms with Gasteiger partial charge in [-0.15, -0.1) is 12.8 Å². The van der Waals surface area contributed by atoms with E-state index in [0.717, 1.165) is 12.8 Å². The van der Waals surface area contributed by atoms with Crippen LogP contribution in [-0.2, 0) is 20.5 Å². The van der Waals surface area contributed by atoms with Crippen LogP contribution in [0.1, 0.15) is 12.8 Å². The molecule has 0 aliphatic heterocycles. The van der Waals surface area contributed by atoms with Crippen molar-refractivity contribution in [3.63, 3.8) is 0 Å². The first-order valence-electron chi connectivity index (χ1n) is 5.93. The minimum atomic E-state index is 0. The van der Waals surface area contributed by atoms with Crippen molar-refractivity contribution >= 4 is 10.9 Å². The third-order valence-electron chi connectivity index (χ3n) is 1.67. The van der Waals surface area contributed by atoms with Crippen LogP contribution in [0.3, 0.4) is 0 Å². The van der Waals surface area contributed by atoms with Crippen molar-refractivity contribution in [1.82, 2.24) is 0 Å². The molecule has 0 nitrogen and oxygen atoms in total. The van der Waals surface area contributed by atoms with E-state index in [2.05, 4.69) is 50.5 Å². The van der Waals surface area contributed by atoms with E-state index < -0.39 is 0 Å². The molecule has 0 spiro atoms. The normalized spacial score (nSPS) is 12.0. The molecule has 0 heterocycles. The fraction of sp³-hybridized carbons (Fsp3) is 0.429. The van der Waals surface area contributed by atoms with Crippen LogP contribution in [0.15, 0.2) is 36.5 Å². The molecule has 0 fully saturated rings. The summed E-state index contributed by atoms with van der Waals surface area (Å²) in [5.74, 6) is 0. The second-order valence-electron chi connectivity index (χ2n) is 4.13. The molecule has 0 unspecified atom stereocenters. The Labute approximate surface area is 143 Å². The van der Waals surface area contributed by atoms with Gasteiger partial charge < -0.3 is 24.8 Å². The first-order chi connectivity index (χ1) is 8.13. The van der Waals surface area contributed by atoms with Crippen molar-refractivity contribution < 1.29 is 45.3 Å². The first kappa shape index (κ1) is 24.8. The van der Waals surface area contributed by atoms with Crippen LogP contribution in [-0.4, -0.2) is 10.9 Å². The molecule has 0 atom stereocenters. The number of rotatable bonds is 0. The summed E-state index contributed by atoms with van der Waals surface area (Å²) in [6, 6.07) is 0. The zero-order chi connectivity index (χ0) is 12.9. The van der Waals surface area contributed by atoms with E-state index in [-0.39, 0.29) is 56.1 Å². The van der Waals surface area contributed by atoms with Gasteiger partial charge in [0.15, 0.2) is 0 Å². The van der Waals surface area contributed by atoms with Crippen LogP contribution in [0.5, 0.6) is 0 Å². The summed E-state index contributed by atoms with van der Waals surface area (Å²) in [7, 11) is 0. The quantitative estimate of drug-likeness (QED) is 0.328. The van der Waals surface area contributed by atoms with Crippen molar-refractivity contribution in [2.75, 3.05) is 0 Å². The average molecular weight is 409 g/mol. The van der Waals surface area contributed by atoms with Gasteiger partial charge in [-0.2, -0.15) is 12.2 Å². The van der Waals surface area contributed by atoms with Gasteiger partial charge in [0.1, 0.15) is 0 Å². The third kappa shape index (κ3) is 24.3. The van der Waals surface area contributed by atoms with E-state index in [1.54, 1.807) is 0 Å². The van der Waals surface area contributed by atoms with Gasteiger partial charge in [-0.25, -0.2) is 24.3 Å². The molecular formula is C14H22Cl2Si2Zr-4. The Morgan fingerprint density at radius 3 is 1.21 bits per heavy atom. The summed E-state index contributed by atoms with van der Waals surface area (Å²) < 4.78 is 0. The Balaban J connectivity index is -0.000000194. The van der Waals surface area contributed by atoms with Gasteiger partial charge in [-0.3, -0.25) is 12.2 Å². The van der Waals surface area contributed by atoms with Gasteiger partial charge in [0, 0.05) is 0 Å². The fourth-order valence-electron chi connectivity index (χ4n) is 1.18. The van der Waals surface area contributed by atoms with Gasteiger partial charge in [0.2, 0.25) is 0 Å². The second kappa shape index (κ2) is 18.9. The summed E-state index contributed by atoms with van der Waals surface area (Å²) in [6.07, 6.45) is 20.0. The second-order valence-corrected chi connectivity index (χ2v) is 29.4. The molecule has 0 saturated carbocycles. The minimum absolute atomic E-state index is 0. The monoisotopic (exact) mass is 406 g/mol. The predicted molar refractivity (Wildman–Crippen MR) is 78.1 cm³/mol. The molecule has 0 saturated heterocycles. The van der Waals surface area contributed by atoms with E-state index in [0.29, 0.717) is 0 Å². The standard InChI is InChI=1S/2C5H5.2C2H6Si.2ClH.Zr/c2*1-2-4-5-3-1;2*1-3-2;;;/h2*1-3H,4H2;2*1-2H3;2*1H;/q2*-1;;;;;/p-2. The molecule has 0 bridgehead atoms. The summed E-state index contributed by atoms with van der Waals surface area (Å²) in [4.78, 5) is 0. The van der Waals surface area contributed by atoms with Crippen molar-refractivity contribution in [3.05, 3.63) is 48.6 Å². The van der Waals surface area contributed by atoms with Crippen molar-refractivity contribution in [2.45, 2.75) is 39.0 Å². The Hall–Kier alpha value is 0.857. The zero-order valence-electron chi connectivity index (χ0n) is 12.1. The first-order valence-corrected chi connectivity index (χ1v) is 18.3. The molecule has 19 heavy (non-hydrogen) atoms. The van der Waals surface area contributed by atoms with Crippen molar-refractivity contribution in [1.29, 1.82) is 0 Å². The molecule has 0 aromatic carbocycles. The van der Waals surface area contributed by atoms with E-state index in [4.69, 9.17) is 0 Å². The summed E-state index contributed by atoms with van der Waals surface area (Å²) in [5.41, 5.74) is 0.562. The SMILES string of the molecule is C[Si](C)=[Zr]=[Si](C)C.[C-]1=CC=CC1.[C-]1=CC=CC1.[Cl-].[Cl-]. The summed E-state index contributed by atoms with van der Waals surface area (Å²) in [5, 5.41) is 0. The van der Waals surface area contributed by atoms with E-state index in [9.17, 15) is 0 Å². The van der Waals surface area contributed by atoms with Gasteiger partial charge >= 0.3 is 57.5 Å². The molecule has 0 aromatic heterocycles. The van der Waals surface area contributed by atoms with Gasteiger partial charge in [-0.05, 0) is 0 Å². The van der Waals surface area contributed by atoms with Crippen molar-refractivity contribution in [2.24, 2.45) is 0 Å². The van der Waals surface area contributed by atoms with E-state index >= 15 is 0 Å². The number of halogens is 2. The maximum atomic E-state index is 2.99. The molecule has 0 N–H and O–H groups in total. The molecule has 2 aliphatic rings. The molecule has 108 valence electrons. The predicted octanol–water partition coefficient (Wildman–Crippen LogP) is -1.81. The van der Waals surface area contributed by atoms with E-state index in [1.165, 1.54) is 0 Å². The molecule has 2 rings (SSSR count). The minimum Gasteiger partial charge on any atom is -1.00 e. The molecule has 5 heteroatoms. The third-order valence-corrected chi connectivity index (χ3v) is 27.8. The average Bonchev–Trinajstić information content (AvgIpc) is 2.96. The van der Waals surface area contributed by atoms with Crippen LogP contribution in [0.4, 0.5) is 0 Å². The van der Waals surface area contributed by atoms with Crippen LogP contribution in [0, 0.1) is 12.2 Å². The Kier molecular flexibility index (Phi) is 24.7. The van der Waals surface area contributed by atoms with Gasteiger partial charge in [0.25, 0.3) is 0 Å². The summed E-state index contributed by atoms with van der Waals surface area (Å²) >= 11 is 0.243. The van der Waals surface area contributed by atoms with Crippen LogP contribution in [0.25, 0.3) is 0 Å². The Bertz CT molecular complexity index is 328. The number of allylic oxidation sites excluding steroid dienone is 8. The maximum Gasteiger partial charge on any atom is -0.109 e. The molecule has 0 aromatic rings. The number of hydrogen-bond donors (Lipinski definition) is 0. The van der Waals surface area contributed by atoms with Gasteiger partial charge in [-0.1, -0.05) is 0 Å². The summed E-state index contributed by atoms with van der Waals surface area (Å²) in [6.45, 7) is 9.87. The zero-order valence-corrected chi connectivity index (χ0v) is 18.1. The smallest absolute Gasteiger partial charge is 0.109 e. The Morgan fingerprint density at radius 2 is 1.16 bits per heavy atom.